The van der Waals surface area contributed by atoms with Crippen molar-refractivity contribution >= 4 is 31.3 Å². The van der Waals surface area contributed by atoms with E-state index in [0.717, 1.165) is 10.4 Å². The summed E-state index contributed by atoms with van der Waals surface area (Å²) in [5.41, 5.74) is -1.21. The van der Waals surface area contributed by atoms with Gasteiger partial charge in [-0.2, -0.15) is 0 Å². The van der Waals surface area contributed by atoms with Gasteiger partial charge >= 0.3 is 5.97 Å². The third kappa shape index (κ3) is 4.28. The van der Waals surface area contributed by atoms with Crippen LogP contribution in [0, 0.1) is 11.3 Å². The highest BCUT2D eigenvalue weighted by Crippen LogP contribution is 2.44. The van der Waals surface area contributed by atoms with Crippen LogP contribution in [-0.4, -0.2) is 32.7 Å². The molecule has 1 heterocycles. The van der Waals surface area contributed by atoms with Gasteiger partial charge in [0.1, 0.15) is 5.92 Å². The molecule has 1 aliphatic rings. The molecule has 2 aromatic rings. The minimum Gasteiger partial charge on any atom is -0.441 e. The van der Waals surface area contributed by atoms with Crippen LogP contribution < -0.4 is 15.7 Å². The van der Waals surface area contributed by atoms with Gasteiger partial charge in [0, 0.05) is 6.92 Å². The van der Waals surface area contributed by atoms with E-state index in [2.05, 4.69) is 50.4 Å². The third-order valence-electron chi connectivity index (χ3n) is 5.81. The second-order valence-electron chi connectivity index (χ2n) is 8.69. The molecule has 0 saturated carbocycles. The number of ether oxygens (including phenoxy) is 1. The number of carbonyl (C=O) groups excluding carboxylic acids is 2. The molecule has 0 radical (unpaired) electrons. The molecule has 2 aromatic carbocycles. The average Bonchev–Trinajstić information content (AvgIpc) is 2.65. The summed E-state index contributed by atoms with van der Waals surface area (Å²) in [5.74, 6) is -1.15. The fourth-order valence-corrected chi connectivity index (χ4v) is 6.51. The van der Waals surface area contributed by atoms with E-state index in [1.54, 1.807) is 0 Å². The summed E-state index contributed by atoms with van der Waals surface area (Å²) in [4.78, 5) is 24.1. The van der Waals surface area contributed by atoms with Crippen molar-refractivity contribution in [3.63, 3.8) is 0 Å². The van der Waals surface area contributed by atoms with Crippen LogP contribution >= 0.6 is 0 Å². The number of esters is 1. The van der Waals surface area contributed by atoms with Crippen LogP contribution in [-0.2, 0) is 18.8 Å². The van der Waals surface area contributed by atoms with Gasteiger partial charge in [-0.05, 0) is 22.7 Å². The number of hydrogen-bond donors (Lipinski definition) is 1. The lowest BCUT2D eigenvalue weighted by Gasteiger charge is -2.53. The number of nitrogens with one attached hydrogen (secondary N) is 1. The van der Waals surface area contributed by atoms with Gasteiger partial charge in [-0.25, -0.2) is 0 Å². The van der Waals surface area contributed by atoms with E-state index in [9.17, 15) is 9.59 Å². The molecule has 1 saturated heterocycles. The third-order valence-corrected chi connectivity index (χ3v) is 8.52. The molecule has 1 fully saturated rings. The predicted molar refractivity (Wildman–Crippen MR) is 115 cm³/mol. The first kappa shape index (κ1) is 21.3. The number of hydrogen-bond acceptors (Lipinski definition) is 4. The molecule has 1 aliphatic heterocycles. The average molecular weight is 412 g/mol. The molecule has 1 amide bonds. The van der Waals surface area contributed by atoms with Crippen molar-refractivity contribution in [3.8, 4) is 0 Å². The first-order valence-electron chi connectivity index (χ1n) is 9.89. The molecule has 1 N–H and O–H groups in total. The van der Waals surface area contributed by atoms with E-state index < -0.39 is 32.8 Å². The summed E-state index contributed by atoms with van der Waals surface area (Å²) in [6.07, 6.45) is -0.676. The van der Waals surface area contributed by atoms with E-state index in [1.165, 1.54) is 6.92 Å². The smallest absolute Gasteiger partial charge is 0.304 e. The highest BCUT2D eigenvalue weighted by atomic mass is 28.3. The van der Waals surface area contributed by atoms with E-state index in [4.69, 9.17) is 9.16 Å². The van der Waals surface area contributed by atoms with Crippen molar-refractivity contribution in [2.75, 3.05) is 0 Å². The molecule has 5 nitrogen and oxygen atoms in total. The van der Waals surface area contributed by atoms with Gasteiger partial charge in [0.15, 0.2) is 6.23 Å². The number of β-lactam (4-membered cyclic amide) rings is 1. The monoisotopic (exact) mass is 411 g/mol. The fraction of sp³-hybridized carbons (Fsp3) is 0.391. The normalized spacial score (nSPS) is 21.1. The summed E-state index contributed by atoms with van der Waals surface area (Å²) in [7, 11) is -2.12. The molecule has 3 unspecified atom stereocenters. The van der Waals surface area contributed by atoms with Crippen LogP contribution in [0.3, 0.4) is 0 Å². The van der Waals surface area contributed by atoms with E-state index in [0.29, 0.717) is 0 Å². The van der Waals surface area contributed by atoms with Crippen LogP contribution in [0.2, 0.25) is 0 Å². The van der Waals surface area contributed by atoms with Gasteiger partial charge in [0.25, 0.3) is 0 Å². The summed E-state index contributed by atoms with van der Waals surface area (Å²) < 4.78 is 12.3. The predicted octanol–water partition coefficient (Wildman–Crippen LogP) is 1.98. The molecule has 0 aromatic heterocycles. The Hall–Kier alpha value is -2.44. The van der Waals surface area contributed by atoms with Crippen molar-refractivity contribution < 1.29 is 18.8 Å². The number of amides is 1. The second kappa shape index (κ2) is 8.12. The molecule has 0 aliphatic carbocycles. The minimum absolute atomic E-state index is 0.150. The molecule has 0 spiro atoms. The van der Waals surface area contributed by atoms with Crippen LogP contribution in [0.25, 0.3) is 0 Å². The highest BCUT2D eigenvalue weighted by molar-refractivity contribution is 6.80. The zero-order chi connectivity index (χ0) is 21.2. The number of carbonyl (C=O) groups is 2. The number of benzene rings is 2. The molecule has 3 atom stereocenters. The van der Waals surface area contributed by atoms with Crippen molar-refractivity contribution in [2.45, 2.75) is 46.4 Å². The molecular weight excluding hydrogens is 382 g/mol. The Balaban J connectivity index is 2.03. The highest BCUT2D eigenvalue weighted by Gasteiger charge is 2.59. The van der Waals surface area contributed by atoms with Crippen molar-refractivity contribution in [2.24, 2.45) is 11.3 Å². The fourth-order valence-electron chi connectivity index (χ4n) is 3.72. The first-order valence-corrected chi connectivity index (χ1v) is 11.5. The zero-order valence-corrected chi connectivity index (χ0v) is 18.8. The summed E-state index contributed by atoms with van der Waals surface area (Å²) in [6, 6.07) is 20.3. The maximum atomic E-state index is 12.6. The van der Waals surface area contributed by atoms with Crippen LogP contribution in [0.4, 0.5) is 0 Å². The second-order valence-corrected chi connectivity index (χ2v) is 11.0. The molecular formula is C23H29NO4Si. The van der Waals surface area contributed by atoms with Crippen molar-refractivity contribution in [3.05, 3.63) is 60.7 Å². The number of rotatable bonds is 6. The first-order chi connectivity index (χ1) is 13.6. The summed E-state index contributed by atoms with van der Waals surface area (Å²) in [6.45, 7) is 9.50. The minimum atomic E-state index is -2.12. The standard InChI is InChI=1S/C23H29NO4Si/c1-16(25)27-21-19(20(26)24-21)23(5,22(2,3)4)28-29(17-12-8-6-9-13-17)18-14-10-7-11-15-18/h6-15,19,21,29H,1-5H3,(H,24,26). The Kier molecular flexibility index (Phi) is 5.96. The Morgan fingerprint density at radius 3 is 1.79 bits per heavy atom. The molecule has 6 heteroatoms. The van der Waals surface area contributed by atoms with Crippen LogP contribution in [0.15, 0.2) is 60.7 Å². The van der Waals surface area contributed by atoms with E-state index >= 15 is 0 Å². The van der Waals surface area contributed by atoms with Gasteiger partial charge in [-0.1, -0.05) is 81.4 Å². The lowest BCUT2D eigenvalue weighted by atomic mass is 9.67. The summed E-state index contributed by atoms with van der Waals surface area (Å²) >= 11 is 0. The Morgan fingerprint density at radius 2 is 1.41 bits per heavy atom. The Morgan fingerprint density at radius 1 is 0.931 bits per heavy atom. The lowest BCUT2D eigenvalue weighted by Crippen LogP contribution is -2.72. The molecule has 154 valence electrons. The maximum absolute atomic E-state index is 12.6. The maximum Gasteiger partial charge on any atom is 0.304 e. The van der Waals surface area contributed by atoms with Crippen LogP contribution in [0.1, 0.15) is 34.6 Å². The van der Waals surface area contributed by atoms with Gasteiger partial charge in [-0.3, -0.25) is 9.59 Å². The Bertz CT molecular complexity index is 826. The van der Waals surface area contributed by atoms with Gasteiger partial charge in [0.2, 0.25) is 14.9 Å². The Labute approximate surface area is 174 Å². The SMILES string of the molecule is CC(=O)OC1NC(=O)C1C(C)(O[SiH](c1ccccc1)c1ccccc1)C(C)(C)C. The summed E-state index contributed by atoms with van der Waals surface area (Å²) in [5, 5.41) is 4.98. The molecule has 0 bridgehead atoms. The quantitative estimate of drug-likeness (QED) is 0.449. The lowest BCUT2D eigenvalue weighted by molar-refractivity contribution is -0.192. The van der Waals surface area contributed by atoms with Crippen molar-refractivity contribution in [1.82, 2.24) is 5.32 Å². The van der Waals surface area contributed by atoms with Gasteiger partial charge < -0.3 is 14.5 Å². The largest absolute Gasteiger partial charge is 0.441 e. The van der Waals surface area contributed by atoms with E-state index in [-0.39, 0.29) is 11.3 Å². The zero-order valence-electron chi connectivity index (χ0n) is 17.6. The van der Waals surface area contributed by atoms with Crippen molar-refractivity contribution in [1.29, 1.82) is 0 Å². The topological polar surface area (TPSA) is 64.6 Å². The van der Waals surface area contributed by atoms with Gasteiger partial charge in [0.05, 0.1) is 5.60 Å². The van der Waals surface area contributed by atoms with E-state index in [1.807, 2.05) is 43.3 Å². The molecule has 3 rings (SSSR count). The van der Waals surface area contributed by atoms with Crippen LogP contribution in [0.5, 0.6) is 0 Å². The molecule has 29 heavy (non-hydrogen) atoms. The van der Waals surface area contributed by atoms with Gasteiger partial charge in [-0.15, -0.1) is 0 Å².